The molecule has 1 unspecified atom stereocenters. The van der Waals surface area contributed by atoms with Crippen LogP contribution in [0.1, 0.15) is 30.1 Å². The fourth-order valence-corrected chi connectivity index (χ4v) is 2.62. The highest BCUT2D eigenvalue weighted by atomic mass is 35.5. The van der Waals surface area contributed by atoms with E-state index in [0.29, 0.717) is 16.5 Å². The molecule has 0 fully saturated rings. The van der Waals surface area contributed by atoms with E-state index in [1.54, 1.807) is 18.2 Å². The Hall–Kier alpha value is -1.02. The zero-order valence-corrected chi connectivity index (χ0v) is 12.0. The molecule has 1 nitrogen and oxygen atoms in total. The van der Waals surface area contributed by atoms with Crippen molar-refractivity contribution in [1.29, 1.82) is 0 Å². The van der Waals surface area contributed by atoms with Crippen molar-refractivity contribution in [2.45, 2.75) is 25.4 Å². The molecular weight excluding hydrogens is 279 g/mol. The van der Waals surface area contributed by atoms with Gasteiger partial charge in [-0.3, -0.25) is 0 Å². The number of aliphatic hydroxyl groups excluding tert-OH is 1. The Kier molecular flexibility index (Phi) is 5.26. The molecule has 2 rings (SSSR count). The molecule has 1 N–H and O–H groups in total. The molecule has 2 aromatic rings. The predicted octanol–water partition coefficient (Wildman–Crippen LogP) is 5.05. The molecule has 0 saturated heterocycles. The van der Waals surface area contributed by atoms with E-state index in [9.17, 15) is 5.11 Å². The van der Waals surface area contributed by atoms with E-state index in [0.717, 1.165) is 18.4 Å². The van der Waals surface area contributed by atoms with Crippen molar-refractivity contribution in [1.82, 2.24) is 0 Å². The summed E-state index contributed by atoms with van der Waals surface area (Å²) in [5, 5.41) is 11.2. The van der Waals surface area contributed by atoms with E-state index in [2.05, 4.69) is 12.1 Å². The SMILES string of the molecule is OC(CCCc1ccccc1)c1cc(Cl)cc(Cl)c1. The smallest absolute Gasteiger partial charge is 0.0791 e. The third kappa shape index (κ3) is 4.54. The van der Waals surface area contributed by atoms with Crippen LogP contribution in [-0.4, -0.2) is 5.11 Å². The van der Waals surface area contributed by atoms with Crippen molar-refractivity contribution in [3.8, 4) is 0 Å². The van der Waals surface area contributed by atoms with E-state index in [1.165, 1.54) is 5.56 Å². The van der Waals surface area contributed by atoms with E-state index in [1.807, 2.05) is 18.2 Å². The van der Waals surface area contributed by atoms with Gasteiger partial charge in [0.1, 0.15) is 0 Å². The lowest BCUT2D eigenvalue weighted by Gasteiger charge is -2.12. The summed E-state index contributed by atoms with van der Waals surface area (Å²) in [4.78, 5) is 0. The minimum atomic E-state index is -0.514. The van der Waals surface area contributed by atoms with E-state index in [4.69, 9.17) is 23.2 Å². The van der Waals surface area contributed by atoms with Crippen LogP contribution in [0.25, 0.3) is 0 Å². The lowest BCUT2D eigenvalue weighted by atomic mass is 10.0. The Labute approximate surface area is 123 Å². The van der Waals surface area contributed by atoms with Crippen molar-refractivity contribution in [2.24, 2.45) is 0 Å². The summed E-state index contributed by atoms with van der Waals surface area (Å²) in [5.41, 5.74) is 2.07. The third-order valence-electron chi connectivity index (χ3n) is 3.06. The second kappa shape index (κ2) is 6.95. The van der Waals surface area contributed by atoms with Gasteiger partial charge in [-0.05, 0) is 48.6 Å². The number of halogens is 2. The molecule has 0 aliphatic rings. The molecule has 0 heterocycles. The maximum absolute atomic E-state index is 10.1. The fourth-order valence-electron chi connectivity index (χ4n) is 2.08. The molecule has 3 heteroatoms. The molecular formula is C16H16Cl2O. The van der Waals surface area contributed by atoms with Gasteiger partial charge >= 0.3 is 0 Å². The first kappa shape index (κ1) is 14.4. The molecule has 0 amide bonds. The van der Waals surface area contributed by atoms with E-state index < -0.39 is 6.10 Å². The van der Waals surface area contributed by atoms with Crippen LogP contribution < -0.4 is 0 Å². The first-order valence-electron chi connectivity index (χ1n) is 6.33. The largest absolute Gasteiger partial charge is 0.388 e. The first-order chi connectivity index (χ1) is 9.15. The van der Waals surface area contributed by atoms with Crippen molar-refractivity contribution in [2.75, 3.05) is 0 Å². The van der Waals surface area contributed by atoms with Gasteiger partial charge in [-0.2, -0.15) is 0 Å². The molecule has 100 valence electrons. The zero-order valence-electron chi connectivity index (χ0n) is 10.5. The van der Waals surface area contributed by atoms with Crippen molar-refractivity contribution in [3.63, 3.8) is 0 Å². The van der Waals surface area contributed by atoms with Crippen LogP contribution >= 0.6 is 23.2 Å². The lowest BCUT2D eigenvalue weighted by Crippen LogP contribution is -1.98. The Balaban J connectivity index is 1.89. The minimum absolute atomic E-state index is 0.514. The van der Waals surface area contributed by atoms with Gasteiger partial charge in [0.25, 0.3) is 0 Å². The van der Waals surface area contributed by atoms with Crippen molar-refractivity contribution >= 4 is 23.2 Å². The maximum Gasteiger partial charge on any atom is 0.0791 e. The molecule has 0 bridgehead atoms. The van der Waals surface area contributed by atoms with Crippen LogP contribution in [-0.2, 0) is 6.42 Å². The molecule has 19 heavy (non-hydrogen) atoms. The second-order valence-electron chi connectivity index (χ2n) is 4.60. The fraction of sp³-hybridized carbons (Fsp3) is 0.250. The van der Waals surface area contributed by atoms with Crippen LogP contribution in [0.15, 0.2) is 48.5 Å². The minimum Gasteiger partial charge on any atom is -0.388 e. The van der Waals surface area contributed by atoms with Crippen molar-refractivity contribution in [3.05, 3.63) is 69.7 Å². The Bertz CT molecular complexity index is 505. The number of aryl methyl sites for hydroxylation is 1. The monoisotopic (exact) mass is 294 g/mol. The average Bonchev–Trinajstić information content (AvgIpc) is 2.38. The number of hydrogen-bond donors (Lipinski definition) is 1. The first-order valence-corrected chi connectivity index (χ1v) is 7.09. The normalized spacial score (nSPS) is 12.4. The average molecular weight is 295 g/mol. The highest BCUT2D eigenvalue weighted by Gasteiger charge is 2.09. The van der Waals surface area contributed by atoms with E-state index in [-0.39, 0.29) is 0 Å². The quantitative estimate of drug-likeness (QED) is 0.818. The van der Waals surface area contributed by atoms with Gasteiger partial charge in [-0.25, -0.2) is 0 Å². The molecule has 2 aromatic carbocycles. The van der Waals surface area contributed by atoms with Crippen LogP contribution in [0, 0.1) is 0 Å². The summed E-state index contributed by atoms with van der Waals surface area (Å²) in [6, 6.07) is 15.5. The molecule has 0 aromatic heterocycles. The zero-order chi connectivity index (χ0) is 13.7. The van der Waals surface area contributed by atoms with Gasteiger partial charge < -0.3 is 5.11 Å². The van der Waals surface area contributed by atoms with Gasteiger partial charge in [0.2, 0.25) is 0 Å². The van der Waals surface area contributed by atoms with Gasteiger partial charge in [-0.1, -0.05) is 53.5 Å². The molecule has 0 aliphatic carbocycles. The van der Waals surface area contributed by atoms with Gasteiger partial charge in [0, 0.05) is 10.0 Å². The predicted molar refractivity (Wildman–Crippen MR) is 80.8 cm³/mol. The van der Waals surface area contributed by atoms with Gasteiger partial charge in [0.05, 0.1) is 6.10 Å². The summed E-state index contributed by atoms with van der Waals surface area (Å²) >= 11 is 11.9. The van der Waals surface area contributed by atoms with Gasteiger partial charge in [0.15, 0.2) is 0 Å². The summed E-state index contributed by atoms with van der Waals surface area (Å²) in [5.74, 6) is 0. The Morgan fingerprint density at radius 1 is 0.947 bits per heavy atom. The summed E-state index contributed by atoms with van der Waals surface area (Å²) < 4.78 is 0. The summed E-state index contributed by atoms with van der Waals surface area (Å²) in [6.07, 6.45) is 2.08. The van der Waals surface area contributed by atoms with Gasteiger partial charge in [-0.15, -0.1) is 0 Å². The molecule has 0 radical (unpaired) electrons. The lowest BCUT2D eigenvalue weighted by molar-refractivity contribution is 0.164. The highest BCUT2D eigenvalue weighted by Crippen LogP contribution is 2.26. The number of hydrogen-bond acceptors (Lipinski definition) is 1. The highest BCUT2D eigenvalue weighted by molar-refractivity contribution is 6.34. The second-order valence-corrected chi connectivity index (χ2v) is 5.47. The van der Waals surface area contributed by atoms with Crippen LogP contribution in [0.4, 0.5) is 0 Å². The van der Waals surface area contributed by atoms with Crippen molar-refractivity contribution < 1.29 is 5.11 Å². The van der Waals surface area contributed by atoms with E-state index >= 15 is 0 Å². The Morgan fingerprint density at radius 3 is 2.21 bits per heavy atom. The number of aliphatic hydroxyl groups is 1. The standard InChI is InChI=1S/C16H16Cl2O/c17-14-9-13(10-15(18)11-14)16(19)8-4-7-12-5-2-1-3-6-12/h1-3,5-6,9-11,16,19H,4,7-8H2. The van der Waals surface area contributed by atoms with Crippen LogP contribution in [0.5, 0.6) is 0 Å². The Morgan fingerprint density at radius 2 is 1.58 bits per heavy atom. The number of benzene rings is 2. The maximum atomic E-state index is 10.1. The molecule has 0 aliphatic heterocycles. The summed E-state index contributed by atoms with van der Waals surface area (Å²) in [7, 11) is 0. The summed E-state index contributed by atoms with van der Waals surface area (Å²) in [6.45, 7) is 0. The topological polar surface area (TPSA) is 20.2 Å². The third-order valence-corrected chi connectivity index (χ3v) is 3.49. The number of rotatable bonds is 5. The molecule has 1 atom stereocenters. The van der Waals surface area contributed by atoms with Crippen LogP contribution in [0.3, 0.4) is 0 Å². The molecule has 0 spiro atoms. The molecule has 0 saturated carbocycles. The van der Waals surface area contributed by atoms with Crippen LogP contribution in [0.2, 0.25) is 10.0 Å².